The van der Waals surface area contributed by atoms with Gasteiger partial charge in [-0.25, -0.2) is 0 Å². The van der Waals surface area contributed by atoms with Crippen molar-refractivity contribution in [3.63, 3.8) is 0 Å². The molecule has 1 rings (SSSR count). The lowest BCUT2D eigenvalue weighted by Gasteiger charge is -2.30. The van der Waals surface area contributed by atoms with Gasteiger partial charge in [0.1, 0.15) is 0 Å². The van der Waals surface area contributed by atoms with E-state index in [0.29, 0.717) is 0 Å². The van der Waals surface area contributed by atoms with E-state index in [2.05, 4.69) is 17.1 Å². The molecule has 1 N–H and O–H groups in total. The number of hydrogen-bond donors (Lipinski definition) is 1. The Labute approximate surface area is 63.6 Å². The van der Waals surface area contributed by atoms with E-state index < -0.39 is 0 Å². The SMILES string of the molecule is CCNCCCN1CCC1. The number of likely N-dealkylation sites (tertiary alicyclic amines) is 1. The van der Waals surface area contributed by atoms with E-state index in [1.54, 1.807) is 0 Å². The average molecular weight is 142 g/mol. The Bertz CT molecular complexity index is 79.3. The van der Waals surface area contributed by atoms with Crippen LogP contribution in [0.2, 0.25) is 0 Å². The molecule has 1 fully saturated rings. The van der Waals surface area contributed by atoms with Gasteiger partial charge in [-0.1, -0.05) is 6.92 Å². The molecule has 0 unspecified atom stereocenters. The van der Waals surface area contributed by atoms with Crippen molar-refractivity contribution in [3.05, 3.63) is 0 Å². The van der Waals surface area contributed by atoms with Crippen molar-refractivity contribution in [2.24, 2.45) is 0 Å². The van der Waals surface area contributed by atoms with Crippen LogP contribution in [0.25, 0.3) is 0 Å². The molecule has 0 spiro atoms. The second-order valence-electron chi connectivity index (χ2n) is 2.90. The van der Waals surface area contributed by atoms with E-state index in [4.69, 9.17) is 0 Å². The largest absolute Gasteiger partial charge is 0.317 e. The maximum atomic E-state index is 3.33. The molecule has 0 amide bonds. The summed E-state index contributed by atoms with van der Waals surface area (Å²) in [5.41, 5.74) is 0. The van der Waals surface area contributed by atoms with E-state index in [-0.39, 0.29) is 0 Å². The summed E-state index contributed by atoms with van der Waals surface area (Å²) in [6, 6.07) is 0. The first-order chi connectivity index (χ1) is 4.93. The predicted octanol–water partition coefficient (Wildman–Crippen LogP) is 0.692. The Kier molecular flexibility index (Phi) is 3.76. The molecule has 10 heavy (non-hydrogen) atoms. The van der Waals surface area contributed by atoms with Crippen molar-refractivity contribution < 1.29 is 0 Å². The van der Waals surface area contributed by atoms with Crippen molar-refractivity contribution in [2.45, 2.75) is 19.8 Å². The number of nitrogens with zero attached hydrogens (tertiary/aromatic N) is 1. The zero-order valence-electron chi connectivity index (χ0n) is 6.90. The van der Waals surface area contributed by atoms with Gasteiger partial charge >= 0.3 is 0 Å². The van der Waals surface area contributed by atoms with Crippen LogP contribution in [0.3, 0.4) is 0 Å². The molecule has 0 aromatic rings. The summed E-state index contributed by atoms with van der Waals surface area (Å²) in [4.78, 5) is 2.51. The van der Waals surface area contributed by atoms with Gasteiger partial charge in [-0.2, -0.15) is 0 Å². The fourth-order valence-electron chi connectivity index (χ4n) is 1.21. The van der Waals surface area contributed by atoms with Crippen molar-refractivity contribution in [1.82, 2.24) is 10.2 Å². The molecule has 1 saturated heterocycles. The topological polar surface area (TPSA) is 15.3 Å². The quantitative estimate of drug-likeness (QED) is 0.568. The molecule has 0 aliphatic carbocycles. The molecule has 1 heterocycles. The molecule has 0 atom stereocenters. The van der Waals surface area contributed by atoms with Gasteiger partial charge in [0, 0.05) is 0 Å². The van der Waals surface area contributed by atoms with Crippen LogP contribution >= 0.6 is 0 Å². The van der Waals surface area contributed by atoms with Gasteiger partial charge in [-0.15, -0.1) is 0 Å². The van der Waals surface area contributed by atoms with Crippen LogP contribution in [0.4, 0.5) is 0 Å². The van der Waals surface area contributed by atoms with Crippen molar-refractivity contribution >= 4 is 0 Å². The zero-order valence-corrected chi connectivity index (χ0v) is 6.90. The van der Waals surface area contributed by atoms with Crippen LogP contribution in [0, 0.1) is 0 Å². The summed E-state index contributed by atoms with van der Waals surface area (Å²) in [5, 5.41) is 3.33. The third kappa shape index (κ3) is 2.67. The van der Waals surface area contributed by atoms with E-state index in [1.807, 2.05) is 0 Å². The van der Waals surface area contributed by atoms with E-state index in [1.165, 1.54) is 39.0 Å². The Morgan fingerprint density at radius 3 is 2.70 bits per heavy atom. The lowest BCUT2D eigenvalue weighted by Crippen LogP contribution is -2.38. The summed E-state index contributed by atoms with van der Waals surface area (Å²) in [5.74, 6) is 0. The second-order valence-corrected chi connectivity index (χ2v) is 2.90. The molecule has 2 heteroatoms. The maximum Gasteiger partial charge on any atom is -0.000653 e. The minimum atomic E-state index is 1.11. The minimum Gasteiger partial charge on any atom is -0.317 e. The molecular weight excluding hydrogens is 124 g/mol. The van der Waals surface area contributed by atoms with Gasteiger partial charge in [0.25, 0.3) is 0 Å². The normalized spacial score (nSPS) is 18.9. The lowest BCUT2D eigenvalue weighted by molar-refractivity contribution is 0.179. The Balaban J connectivity index is 1.76. The molecule has 0 radical (unpaired) electrons. The molecule has 0 aromatic carbocycles. The van der Waals surface area contributed by atoms with Gasteiger partial charge in [0.2, 0.25) is 0 Å². The Hall–Kier alpha value is -0.0800. The minimum absolute atomic E-state index is 1.11. The van der Waals surface area contributed by atoms with Gasteiger partial charge in [0.05, 0.1) is 0 Å². The summed E-state index contributed by atoms with van der Waals surface area (Å²) in [6.07, 6.45) is 2.73. The highest BCUT2D eigenvalue weighted by Gasteiger charge is 2.11. The monoisotopic (exact) mass is 142 g/mol. The standard InChI is InChI=1S/C8H18N2/c1-2-9-5-3-6-10-7-4-8-10/h9H,2-8H2,1H3. The summed E-state index contributed by atoms with van der Waals surface area (Å²) in [6.45, 7) is 8.43. The summed E-state index contributed by atoms with van der Waals surface area (Å²) >= 11 is 0. The third-order valence-electron chi connectivity index (χ3n) is 2.03. The molecule has 0 bridgehead atoms. The fourth-order valence-corrected chi connectivity index (χ4v) is 1.21. The van der Waals surface area contributed by atoms with Crippen LogP contribution in [0.1, 0.15) is 19.8 Å². The first-order valence-electron chi connectivity index (χ1n) is 4.36. The van der Waals surface area contributed by atoms with Crippen molar-refractivity contribution in [3.8, 4) is 0 Å². The number of nitrogens with one attached hydrogen (secondary N) is 1. The van der Waals surface area contributed by atoms with Crippen LogP contribution in [0.15, 0.2) is 0 Å². The van der Waals surface area contributed by atoms with Crippen LogP contribution < -0.4 is 5.32 Å². The molecular formula is C8H18N2. The van der Waals surface area contributed by atoms with Crippen LogP contribution in [-0.4, -0.2) is 37.6 Å². The molecule has 1 aliphatic heterocycles. The highest BCUT2D eigenvalue weighted by Crippen LogP contribution is 2.04. The van der Waals surface area contributed by atoms with Gasteiger partial charge in [0.15, 0.2) is 0 Å². The van der Waals surface area contributed by atoms with Crippen molar-refractivity contribution in [2.75, 3.05) is 32.7 Å². The first kappa shape index (κ1) is 8.02. The maximum absolute atomic E-state index is 3.33. The lowest BCUT2D eigenvalue weighted by atomic mass is 10.2. The van der Waals surface area contributed by atoms with Crippen LogP contribution in [0.5, 0.6) is 0 Å². The van der Waals surface area contributed by atoms with E-state index in [0.717, 1.165) is 6.54 Å². The third-order valence-corrected chi connectivity index (χ3v) is 2.03. The summed E-state index contributed by atoms with van der Waals surface area (Å²) < 4.78 is 0. The molecule has 0 aromatic heterocycles. The number of hydrogen-bond acceptors (Lipinski definition) is 2. The predicted molar refractivity (Wildman–Crippen MR) is 44.2 cm³/mol. The van der Waals surface area contributed by atoms with Crippen molar-refractivity contribution in [1.29, 1.82) is 0 Å². The zero-order chi connectivity index (χ0) is 7.23. The Morgan fingerprint density at radius 2 is 2.20 bits per heavy atom. The summed E-state index contributed by atoms with van der Waals surface area (Å²) in [7, 11) is 0. The Morgan fingerprint density at radius 1 is 1.40 bits per heavy atom. The van der Waals surface area contributed by atoms with Gasteiger partial charge in [-0.3, -0.25) is 0 Å². The molecule has 2 nitrogen and oxygen atoms in total. The highest BCUT2D eigenvalue weighted by atomic mass is 15.2. The average Bonchev–Trinajstić information content (AvgIpc) is 1.84. The smallest absolute Gasteiger partial charge is 0.000653 e. The van der Waals surface area contributed by atoms with E-state index >= 15 is 0 Å². The first-order valence-corrected chi connectivity index (χ1v) is 4.36. The number of rotatable bonds is 5. The molecule has 1 aliphatic rings. The molecule has 60 valence electrons. The van der Waals surface area contributed by atoms with Gasteiger partial charge in [-0.05, 0) is 45.6 Å². The van der Waals surface area contributed by atoms with Gasteiger partial charge < -0.3 is 10.2 Å². The van der Waals surface area contributed by atoms with E-state index in [9.17, 15) is 0 Å². The fraction of sp³-hybridized carbons (Fsp3) is 1.00. The second kappa shape index (κ2) is 4.69. The van der Waals surface area contributed by atoms with Crippen LogP contribution in [-0.2, 0) is 0 Å². The highest BCUT2D eigenvalue weighted by molar-refractivity contribution is 4.67. The molecule has 0 saturated carbocycles.